The summed E-state index contributed by atoms with van der Waals surface area (Å²) in [7, 11) is 0. The van der Waals surface area contributed by atoms with Gasteiger partial charge in [-0.2, -0.15) is 10.1 Å². The molecule has 0 aliphatic heterocycles. The van der Waals surface area contributed by atoms with Crippen molar-refractivity contribution >= 4 is 12.2 Å². The fraction of sp³-hybridized carbons (Fsp3) is 0.0909. The van der Waals surface area contributed by atoms with E-state index in [4.69, 9.17) is 16.0 Å². The maximum Gasteiger partial charge on any atom is 0.223 e. The van der Waals surface area contributed by atoms with Gasteiger partial charge in [0.1, 0.15) is 0 Å². The molecule has 7 heteroatoms. The number of benzene rings is 1. The molecule has 0 fully saturated rings. The minimum atomic E-state index is -0.0869. The first-order valence-corrected chi connectivity index (χ1v) is 5.18. The Morgan fingerprint density at radius 3 is 2.89 bits per heavy atom. The molecule has 7 nitrogen and oxygen atoms in total. The zero-order valence-electron chi connectivity index (χ0n) is 9.74. The van der Waals surface area contributed by atoms with Gasteiger partial charge in [-0.3, -0.25) is 0 Å². The summed E-state index contributed by atoms with van der Waals surface area (Å²) < 4.78 is 4.92. The number of guanidine groups is 1. The highest BCUT2D eigenvalue weighted by atomic mass is 16.5. The van der Waals surface area contributed by atoms with Crippen molar-refractivity contribution in [1.29, 1.82) is 0 Å². The van der Waals surface area contributed by atoms with E-state index in [0.29, 0.717) is 11.7 Å². The number of hydrogen-bond acceptors (Lipinski definition) is 5. The van der Waals surface area contributed by atoms with E-state index in [0.717, 1.165) is 11.1 Å². The Bertz CT molecular complexity index is 597. The first-order valence-electron chi connectivity index (χ1n) is 5.18. The van der Waals surface area contributed by atoms with E-state index >= 15 is 0 Å². The fourth-order valence-corrected chi connectivity index (χ4v) is 1.34. The molecule has 0 bridgehead atoms. The second-order valence-electron chi connectivity index (χ2n) is 3.53. The van der Waals surface area contributed by atoms with Crippen LogP contribution >= 0.6 is 0 Å². The van der Waals surface area contributed by atoms with Crippen LogP contribution < -0.4 is 11.5 Å². The SMILES string of the molecule is Cc1nc(-c2cccc(C=NN=C(N)N)c2)no1. The van der Waals surface area contributed by atoms with Crippen LogP contribution in [0.2, 0.25) is 0 Å². The van der Waals surface area contributed by atoms with Crippen LogP contribution in [0.5, 0.6) is 0 Å². The van der Waals surface area contributed by atoms with Gasteiger partial charge >= 0.3 is 0 Å². The highest BCUT2D eigenvalue weighted by Crippen LogP contribution is 2.16. The predicted octanol–water partition coefficient (Wildman–Crippen LogP) is 0.652. The highest BCUT2D eigenvalue weighted by Gasteiger charge is 2.05. The average molecular weight is 244 g/mol. The monoisotopic (exact) mass is 244 g/mol. The number of nitrogens with two attached hydrogens (primary N) is 2. The van der Waals surface area contributed by atoms with Gasteiger partial charge < -0.3 is 16.0 Å². The van der Waals surface area contributed by atoms with Crippen molar-refractivity contribution in [1.82, 2.24) is 10.1 Å². The third kappa shape index (κ3) is 2.91. The van der Waals surface area contributed by atoms with E-state index in [1.54, 1.807) is 6.92 Å². The molecule has 92 valence electrons. The lowest BCUT2D eigenvalue weighted by molar-refractivity contribution is 0.394. The average Bonchev–Trinajstić information content (AvgIpc) is 2.76. The standard InChI is InChI=1S/C11H12N6O/c1-7-15-10(17-18-7)9-4-2-3-8(5-9)6-14-16-11(12)13/h2-6H,1H3,(H4,12,13,16). The smallest absolute Gasteiger partial charge is 0.223 e. The van der Waals surface area contributed by atoms with Gasteiger partial charge in [-0.1, -0.05) is 23.4 Å². The summed E-state index contributed by atoms with van der Waals surface area (Å²) in [5.41, 5.74) is 12.0. The molecule has 0 unspecified atom stereocenters. The molecule has 1 heterocycles. The van der Waals surface area contributed by atoms with Gasteiger partial charge in [0.05, 0.1) is 6.21 Å². The van der Waals surface area contributed by atoms with Gasteiger partial charge in [0.25, 0.3) is 0 Å². The molecular formula is C11H12N6O. The molecule has 0 atom stereocenters. The van der Waals surface area contributed by atoms with E-state index in [2.05, 4.69) is 20.3 Å². The van der Waals surface area contributed by atoms with Crippen molar-refractivity contribution < 1.29 is 4.52 Å². The fourth-order valence-electron chi connectivity index (χ4n) is 1.34. The molecule has 0 radical (unpaired) electrons. The largest absolute Gasteiger partial charge is 0.369 e. The van der Waals surface area contributed by atoms with Gasteiger partial charge in [-0.15, -0.1) is 5.10 Å². The Labute approximate surface area is 103 Å². The first kappa shape index (κ1) is 11.8. The second-order valence-corrected chi connectivity index (χ2v) is 3.53. The molecule has 1 aromatic carbocycles. The lowest BCUT2D eigenvalue weighted by Crippen LogP contribution is -2.21. The van der Waals surface area contributed by atoms with Crippen LogP contribution in [-0.2, 0) is 0 Å². The molecule has 4 N–H and O–H groups in total. The van der Waals surface area contributed by atoms with E-state index in [-0.39, 0.29) is 5.96 Å². The predicted molar refractivity (Wildman–Crippen MR) is 67.9 cm³/mol. The summed E-state index contributed by atoms with van der Waals surface area (Å²) in [6, 6.07) is 7.46. The van der Waals surface area contributed by atoms with E-state index < -0.39 is 0 Å². The zero-order valence-corrected chi connectivity index (χ0v) is 9.74. The number of hydrogen-bond donors (Lipinski definition) is 2. The Hall–Kier alpha value is -2.70. The lowest BCUT2D eigenvalue weighted by atomic mass is 10.1. The second kappa shape index (κ2) is 5.09. The number of aromatic nitrogens is 2. The summed E-state index contributed by atoms with van der Waals surface area (Å²) >= 11 is 0. The molecule has 0 amide bonds. The summed E-state index contributed by atoms with van der Waals surface area (Å²) in [6.45, 7) is 1.74. The molecule has 0 saturated carbocycles. The van der Waals surface area contributed by atoms with Crippen LogP contribution in [0, 0.1) is 6.92 Å². The summed E-state index contributed by atoms with van der Waals surface area (Å²) in [5, 5.41) is 11.1. The molecule has 0 saturated heterocycles. The molecular weight excluding hydrogens is 232 g/mol. The molecule has 1 aromatic heterocycles. The van der Waals surface area contributed by atoms with Gasteiger partial charge in [-0.25, -0.2) is 0 Å². The Morgan fingerprint density at radius 2 is 2.22 bits per heavy atom. The van der Waals surface area contributed by atoms with Crippen LogP contribution in [-0.4, -0.2) is 22.3 Å². The van der Waals surface area contributed by atoms with Crippen molar-refractivity contribution in [2.24, 2.45) is 21.7 Å². The molecule has 0 aliphatic carbocycles. The molecule has 2 aromatic rings. The van der Waals surface area contributed by atoms with Crippen LogP contribution in [0.15, 0.2) is 39.0 Å². The van der Waals surface area contributed by atoms with Crippen LogP contribution in [0.3, 0.4) is 0 Å². The number of aryl methyl sites for hydroxylation is 1. The van der Waals surface area contributed by atoms with Crippen LogP contribution in [0.4, 0.5) is 0 Å². The normalized spacial score (nSPS) is 10.7. The van der Waals surface area contributed by atoms with Gasteiger partial charge in [0, 0.05) is 12.5 Å². The molecule has 18 heavy (non-hydrogen) atoms. The van der Waals surface area contributed by atoms with Gasteiger partial charge in [0.15, 0.2) is 0 Å². The third-order valence-corrected chi connectivity index (χ3v) is 2.05. The maximum absolute atomic E-state index is 5.16. The van der Waals surface area contributed by atoms with Gasteiger partial charge in [-0.05, 0) is 11.6 Å². The number of rotatable bonds is 3. The van der Waals surface area contributed by atoms with E-state index in [9.17, 15) is 0 Å². The summed E-state index contributed by atoms with van der Waals surface area (Å²) in [6.07, 6.45) is 1.54. The zero-order chi connectivity index (χ0) is 13.0. The minimum absolute atomic E-state index is 0.0869. The Morgan fingerprint density at radius 1 is 1.39 bits per heavy atom. The molecule has 0 aliphatic rings. The topological polar surface area (TPSA) is 116 Å². The van der Waals surface area contributed by atoms with Crippen molar-refractivity contribution in [2.45, 2.75) is 6.92 Å². The molecule has 2 rings (SSSR count). The Balaban J connectivity index is 2.25. The Kier molecular flexibility index (Phi) is 3.33. The van der Waals surface area contributed by atoms with E-state index in [1.165, 1.54) is 6.21 Å². The first-order chi connectivity index (χ1) is 8.65. The van der Waals surface area contributed by atoms with Crippen molar-refractivity contribution in [3.05, 3.63) is 35.7 Å². The summed E-state index contributed by atoms with van der Waals surface area (Å²) in [5.74, 6) is 0.963. The van der Waals surface area contributed by atoms with Crippen LogP contribution in [0.25, 0.3) is 11.4 Å². The van der Waals surface area contributed by atoms with E-state index in [1.807, 2.05) is 24.3 Å². The lowest BCUT2D eigenvalue weighted by Gasteiger charge is -1.95. The van der Waals surface area contributed by atoms with Crippen LogP contribution in [0.1, 0.15) is 11.5 Å². The van der Waals surface area contributed by atoms with Crippen molar-refractivity contribution in [3.8, 4) is 11.4 Å². The third-order valence-electron chi connectivity index (χ3n) is 2.05. The maximum atomic E-state index is 5.16. The van der Waals surface area contributed by atoms with Crippen molar-refractivity contribution in [2.75, 3.05) is 0 Å². The summed E-state index contributed by atoms with van der Waals surface area (Å²) in [4.78, 5) is 4.14. The minimum Gasteiger partial charge on any atom is -0.369 e. The van der Waals surface area contributed by atoms with Gasteiger partial charge in [0.2, 0.25) is 17.7 Å². The number of nitrogens with zero attached hydrogens (tertiary/aromatic N) is 4. The quantitative estimate of drug-likeness (QED) is 0.467. The van der Waals surface area contributed by atoms with Crippen molar-refractivity contribution in [3.63, 3.8) is 0 Å². The molecule has 0 spiro atoms. The highest BCUT2D eigenvalue weighted by molar-refractivity contribution is 5.83.